The number of aromatic nitrogens is 8. The van der Waals surface area contributed by atoms with E-state index in [0.717, 1.165) is 78.1 Å². The molecular formula is C51H52N12O6. The monoisotopic (exact) mass is 928 g/mol. The van der Waals surface area contributed by atoms with Crippen molar-refractivity contribution in [3.63, 3.8) is 0 Å². The highest BCUT2D eigenvalue weighted by molar-refractivity contribution is 5.87. The fourth-order valence-corrected chi connectivity index (χ4v) is 7.00. The van der Waals surface area contributed by atoms with E-state index in [-0.39, 0.29) is 30.7 Å². The smallest absolute Gasteiger partial charge is 0.368 e. The van der Waals surface area contributed by atoms with Crippen molar-refractivity contribution >= 4 is 51.2 Å². The van der Waals surface area contributed by atoms with Gasteiger partial charge in [-0.1, -0.05) is 25.6 Å². The maximum Gasteiger partial charge on any atom is 0.373 e. The van der Waals surface area contributed by atoms with Gasteiger partial charge in [-0.3, -0.25) is 34.7 Å². The van der Waals surface area contributed by atoms with Crippen LogP contribution in [0.2, 0.25) is 0 Å². The van der Waals surface area contributed by atoms with Crippen LogP contribution in [0.5, 0.6) is 0 Å². The van der Waals surface area contributed by atoms with E-state index < -0.39 is 0 Å². The van der Waals surface area contributed by atoms with Gasteiger partial charge in [0.2, 0.25) is 5.96 Å². The van der Waals surface area contributed by atoms with Gasteiger partial charge in [-0.05, 0) is 142 Å². The molecule has 0 saturated carbocycles. The lowest BCUT2D eigenvalue weighted by molar-refractivity contribution is -0.191. The number of pyridine rings is 6. The Bertz CT molecular complexity index is 3430. The highest BCUT2D eigenvalue weighted by atomic mass is 16.5. The van der Waals surface area contributed by atoms with Gasteiger partial charge in [0.15, 0.2) is 0 Å². The third-order valence-corrected chi connectivity index (χ3v) is 10.5. The standard InChI is InChI=1S/C25H22N6O2.C18H19N5O2.C6H7N.CO2.CH4/c1-14-5-8-19(28-25-29-23(33-30-25)17-7-6-15(2)26-12-17)11-20(14)21-10-18-13-27-16(3)9-22(18)31(4)24(21)32;1-10-4-5-13(21-18(19)22-25)8-14(10)15-7-12-9-20-11(2)6-16(12)23(3)17(15)24;1-6-4-2-3-5-7-6;2-1-3;/h5-13H,1-4H3,(H,28,30);4-9,25H,1-3H3,(H3,19,21,22);2-5H,1H3;;1H4. The lowest BCUT2D eigenvalue weighted by Gasteiger charge is -2.12. The molecule has 5 N–H and O–H groups in total. The zero-order valence-corrected chi connectivity index (χ0v) is 38.6. The van der Waals surface area contributed by atoms with Crippen LogP contribution in [-0.4, -0.2) is 56.5 Å². The van der Waals surface area contributed by atoms with E-state index in [2.05, 4.69) is 40.4 Å². The molecular weight excluding hydrogens is 877 g/mol. The summed E-state index contributed by atoms with van der Waals surface area (Å²) in [6, 6.07) is 28.4. The first-order chi connectivity index (χ1) is 32.6. The Hall–Kier alpha value is -8.99. The van der Waals surface area contributed by atoms with Crippen LogP contribution in [0.3, 0.4) is 0 Å². The maximum atomic E-state index is 13.2. The second-order valence-corrected chi connectivity index (χ2v) is 15.5. The minimum atomic E-state index is -0.124. The van der Waals surface area contributed by atoms with Crippen LogP contribution in [-0.2, 0) is 23.7 Å². The van der Waals surface area contributed by atoms with Crippen molar-refractivity contribution in [1.29, 1.82) is 0 Å². The van der Waals surface area contributed by atoms with E-state index in [4.69, 9.17) is 25.1 Å². The molecule has 9 rings (SSSR count). The summed E-state index contributed by atoms with van der Waals surface area (Å²) in [5.41, 5.74) is 19.2. The molecule has 0 spiro atoms. The number of nitrogens with two attached hydrogens (primary N) is 1. The largest absolute Gasteiger partial charge is 0.373 e. The number of benzene rings is 2. The summed E-state index contributed by atoms with van der Waals surface area (Å²) in [6.45, 7) is 11.6. The number of nitrogens with zero attached hydrogens (tertiary/aromatic N) is 9. The van der Waals surface area contributed by atoms with Gasteiger partial charge in [-0.25, -0.2) is 10.5 Å². The minimum absolute atomic E-state index is 0. The Kier molecular flexibility index (Phi) is 17.0. The average molecular weight is 929 g/mol. The number of guanidine groups is 1. The molecule has 0 aliphatic carbocycles. The topological polar surface area (TPSA) is 251 Å². The molecule has 0 aliphatic heterocycles. The molecule has 0 amide bonds. The van der Waals surface area contributed by atoms with Crippen LogP contribution in [0, 0.1) is 41.5 Å². The van der Waals surface area contributed by atoms with Gasteiger partial charge < -0.3 is 24.7 Å². The zero-order valence-electron chi connectivity index (χ0n) is 38.6. The van der Waals surface area contributed by atoms with E-state index in [0.29, 0.717) is 28.7 Å². The predicted molar refractivity (Wildman–Crippen MR) is 266 cm³/mol. The summed E-state index contributed by atoms with van der Waals surface area (Å²) in [4.78, 5) is 67.7. The van der Waals surface area contributed by atoms with Crippen molar-refractivity contribution in [3.05, 3.63) is 170 Å². The van der Waals surface area contributed by atoms with E-state index in [1.165, 1.54) is 0 Å². The van der Waals surface area contributed by atoms with Gasteiger partial charge >= 0.3 is 6.15 Å². The highest BCUT2D eigenvalue weighted by Gasteiger charge is 2.16. The molecule has 0 atom stereocenters. The first kappa shape index (κ1) is 51.0. The van der Waals surface area contributed by atoms with Crippen LogP contribution in [0.25, 0.3) is 55.5 Å². The van der Waals surface area contributed by atoms with Crippen molar-refractivity contribution in [1.82, 2.24) is 44.7 Å². The first-order valence-electron chi connectivity index (χ1n) is 20.9. The Morgan fingerprint density at radius 1 is 0.667 bits per heavy atom. The Morgan fingerprint density at radius 2 is 1.22 bits per heavy atom. The van der Waals surface area contributed by atoms with Crippen LogP contribution >= 0.6 is 0 Å². The first-order valence-corrected chi connectivity index (χ1v) is 20.9. The summed E-state index contributed by atoms with van der Waals surface area (Å²) in [6.07, 6.45) is 7.29. The number of hydrogen-bond acceptors (Lipinski definition) is 14. The number of anilines is 2. The minimum Gasteiger partial charge on any atom is -0.368 e. The summed E-state index contributed by atoms with van der Waals surface area (Å²) in [5, 5.41) is 17.8. The second-order valence-electron chi connectivity index (χ2n) is 15.5. The normalized spacial score (nSPS) is 10.6. The molecule has 0 saturated heterocycles. The number of hydroxylamine groups is 1. The van der Waals surface area contributed by atoms with Gasteiger partial charge in [0.05, 0.1) is 22.3 Å². The molecule has 18 nitrogen and oxygen atoms in total. The summed E-state index contributed by atoms with van der Waals surface area (Å²) in [7, 11) is 3.53. The van der Waals surface area contributed by atoms with Crippen LogP contribution in [0.15, 0.2) is 135 Å². The van der Waals surface area contributed by atoms with Crippen molar-refractivity contribution in [3.8, 4) is 33.7 Å². The zero-order chi connectivity index (χ0) is 49.1. The molecule has 0 radical (unpaired) electrons. The fourth-order valence-electron chi connectivity index (χ4n) is 7.00. The van der Waals surface area contributed by atoms with E-state index >= 15 is 0 Å². The lowest BCUT2D eigenvalue weighted by atomic mass is 9.99. The van der Waals surface area contributed by atoms with Gasteiger partial charge in [-0.15, -0.1) is 0 Å². The molecule has 2 aromatic carbocycles. The summed E-state index contributed by atoms with van der Waals surface area (Å²) in [5.74, 6) is 0.580. The number of rotatable bonds is 6. The molecule has 0 fully saturated rings. The Balaban J connectivity index is 0.000000217. The molecule has 69 heavy (non-hydrogen) atoms. The second kappa shape index (κ2) is 23.0. The molecule has 9 aromatic rings. The molecule has 7 heterocycles. The van der Waals surface area contributed by atoms with Gasteiger partial charge in [-0.2, -0.15) is 14.6 Å². The average Bonchev–Trinajstić information content (AvgIpc) is 3.80. The third-order valence-electron chi connectivity index (χ3n) is 10.5. The maximum absolute atomic E-state index is 13.2. The lowest BCUT2D eigenvalue weighted by Crippen LogP contribution is -2.27. The number of nitrogens with one attached hydrogen (secondary N) is 2. The molecule has 7 aromatic heterocycles. The molecule has 0 unspecified atom stereocenters. The summed E-state index contributed by atoms with van der Waals surface area (Å²) < 4.78 is 8.66. The number of hydrogen-bond donors (Lipinski definition) is 4. The number of aliphatic imine (C=N–C) groups is 1. The van der Waals surface area contributed by atoms with Gasteiger partial charge in [0.25, 0.3) is 23.0 Å². The molecule has 18 heteroatoms. The van der Waals surface area contributed by atoms with Gasteiger partial charge in [0.1, 0.15) is 0 Å². The van der Waals surface area contributed by atoms with Crippen LogP contribution in [0.1, 0.15) is 41.3 Å². The predicted octanol–water partition coefficient (Wildman–Crippen LogP) is 8.30. The van der Waals surface area contributed by atoms with Crippen molar-refractivity contribution in [2.75, 3.05) is 5.32 Å². The van der Waals surface area contributed by atoms with Crippen molar-refractivity contribution in [2.24, 2.45) is 24.8 Å². The van der Waals surface area contributed by atoms with Crippen molar-refractivity contribution in [2.45, 2.75) is 49.0 Å². The molecule has 0 aliphatic rings. The number of fused-ring (bicyclic) bond motifs is 2. The molecule has 352 valence electrons. The Labute approximate surface area is 397 Å². The van der Waals surface area contributed by atoms with E-state index in [1.807, 2.05) is 120 Å². The van der Waals surface area contributed by atoms with E-state index in [1.54, 1.807) is 65.6 Å². The third kappa shape index (κ3) is 12.5. The fraction of sp³-hybridized carbons (Fsp3) is 0.176. The van der Waals surface area contributed by atoms with E-state index in [9.17, 15) is 9.59 Å². The number of aryl methyl sites for hydroxylation is 8. The SMILES string of the molecule is C.Cc1cc2c(cn1)cc(-c1cc(N=C(N)NO)ccc1C)c(=O)n2C.Cc1ccc(-c2nc(Nc3ccc(C)c(-c4cc5cnc(C)cc5n(C)c4=O)c3)no2)cn1.Cc1ccccn1.O=C=O. The van der Waals surface area contributed by atoms with Crippen LogP contribution < -0.4 is 27.6 Å². The number of carbonyl (C=O) groups excluding carboxylic acids is 2. The van der Waals surface area contributed by atoms with Gasteiger partial charge in [0, 0.05) is 89.2 Å². The quantitative estimate of drug-likeness (QED) is 0.0695. The van der Waals surface area contributed by atoms with Crippen molar-refractivity contribution < 1.29 is 19.3 Å². The Morgan fingerprint density at radius 3 is 1.72 bits per heavy atom. The van der Waals surface area contributed by atoms with Crippen LogP contribution in [0.4, 0.5) is 17.3 Å². The highest BCUT2D eigenvalue weighted by Crippen LogP contribution is 2.30. The molecule has 0 bridgehead atoms. The summed E-state index contributed by atoms with van der Waals surface area (Å²) >= 11 is 0.